The van der Waals surface area contributed by atoms with Gasteiger partial charge in [0.25, 0.3) is 0 Å². The van der Waals surface area contributed by atoms with Crippen LogP contribution in [-0.4, -0.2) is 93.4 Å². The fourth-order valence-corrected chi connectivity index (χ4v) is 11.4. The number of aliphatic hydroxyl groups excluding tert-OH is 1. The highest BCUT2D eigenvalue weighted by molar-refractivity contribution is 7.22. The van der Waals surface area contributed by atoms with Crippen molar-refractivity contribution in [2.24, 2.45) is 5.92 Å². The molecular weight excluding hydrogens is 935 g/mol. The molecule has 2 saturated heterocycles. The van der Waals surface area contributed by atoms with Crippen LogP contribution in [0.2, 0.25) is 0 Å². The van der Waals surface area contributed by atoms with Crippen LogP contribution in [0.1, 0.15) is 46.0 Å². The molecule has 0 radical (unpaired) electrons. The van der Waals surface area contributed by atoms with Gasteiger partial charge in [-0.1, -0.05) is 125 Å². The Kier molecular flexibility index (Phi) is 12.5. The first-order valence-corrected chi connectivity index (χ1v) is 24.1. The van der Waals surface area contributed by atoms with Gasteiger partial charge in [-0.2, -0.15) is 0 Å². The van der Waals surface area contributed by atoms with Crippen molar-refractivity contribution in [1.82, 2.24) is 24.9 Å². The molecule has 2 N–H and O–H groups in total. The predicted octanol–water partition coefficient (Wildman–Crippen LogP) is 7.55. The number of carbonyl (C=O) groups is 4. The number of cyclic esters (lactones) is 1. The summed E-state index contributed by atoms with van der Waals surface area (Å²) in [6.45, 7) is -0.167. The molecule has 8 aromatic rings. The van der Waals surface area contributed by atoms with Gasteiger partial charge < -0.3 is 29.4 Å². The fraction of sp³-hybridized carbons (Fsp3) is 0.218. The highest BCUT2D eigenvalue weighted by Crippen LogP contribution is 2.66. The van der Waals surface area contributed by atoms with Gasteiger partial charge in [0, 0.05) is 12.7 Å². The van der Waals surface area contributed by atoms with Gasteiger partial charge in [0.2, 0.25) is 11.8 Å². The number of para-hydroxylation sites is 2. The van der Waals surface area contributed by atoms with Crippen LogP contribution in [-0.2, 0) is 40.6 Å². The Bertz CT molecular complexity index is 3380. The van der Waals surface area contributed by atoms with Gasteiger partial charge >= 0.3 is 12.1 Å². The van der Waals surface area contributed by atoms with Crippen LogP contribution in [0.25, 0.3) is 21.3 Å². The van der Waals surface area contributed by atoms with Gasteiger partial charge in [0.05, 0.1) is 52.6 Å². The van der Waals surface area contributed by atoms with E-state index in [-0.39, 0.29) is 49.4 Å². The van der Waals surface area contributed by atoms with E-state index in [9.17, 15) is 9.90 Å². The number of benzene rings is 6. The van der Waals surface area contributed by atoms with E-state index < -0.39 is 59.4 Å². The Hall–Kier alpha value is -8.27. The zero-order valence-electron chi connectivity index (χ0n) is 38.7. The van der Waals surface area contributed by atoms with E-state index in [0.29, 0.717) is 33.5 Å². The summed E-state index contributed by atoms with van der Waals surface area (Å²) in [5.74, 6) is 3.02. The maximum atomic E-state index is 16.5. The Morgan fingerprint density at radius 1 is 0.806 bits per heavy atom. The molecule has 11 rings (SSSR count). The second-order valence-corrected chi connectivity index (χ2v) is 18.4. The topological polar surface area (TPSA) is 188 Å². The molecule has 6 atom stereocenters. The number of hydrogen-bond donors (Lipinski definition) is 2. The summed E-state index contributed by atoms with van der Waals surface area (Å²) in [6.07, 6.45) is -1.94. The van der Waals surface area contributed by atoms with Gasteiger partial charge in [-0.15, -0.1) is 5.10 Å². The van der Waals surface area contributed by atoms with Crippen molar-refractivity contribution in [1.29, 1.82) is 0 Å². The zero-order valence-corrected chi connectivity index (χ0v) is 39.5. The SMILES string of the molecule is COCCOC(=O)N1C(=O)[C@@]2(c3cc(C#CCn4nnc5ccccc54)ccc31)[C@H](c1ccc(OCCO)cc1)N1[C@H](c3ccccc3)[C@H](c3ccccc3)OC(=O)[C@H]1[C@@H]2C(=O)Nc1nc2ccccc2s1. The zero-order chi connectivity index (χ0) is 49.3. The number of thiazole rings is 1. The van der Waals surface area contributed by atoms with E-state index in [4.69, 9.17) is 23.9 Å². The molecule has 0 unspecified atom stereocenters. The molecule has 0 aliphatic carbocycles. The number of carbonyl (C=O) groups excluding carboxylic acids is 4. The maximum absolute atomic E-state index is 16.5. The number of nitrogens with zero attached hydrogens (tertiary/aromatic N) is 6. The highest BCUT2D eigenvalue weighted by Gasteiger charge is 2.76. The first kappa shape index (κ1) is 46.1. The van der Waals surface area contributed by atoms with Crippen molar-refractivity contribution in [2.75, 3.05) is 43.8 Å². The minimum absolute atomic E-state index is 0.0263. The lowest BCUT2D eigenvalue weighted by atomic mass is 9.65. The summed E-state index contributed by atoms with van der Waals surface area (Å²) in [4.78, 5) is 70.2. The molecule has 3 aliphatic heterocycles. The average molecular weight is 980 g/mol. The Morgan fingerprint density at radius 3 is 2.28 bits per heavy atom. The number of hydrogen-bond acceptors (Lipinski definition) is 14. The van der Waals surface area contributed by atoms with Gasteiger partial charge in [0.1, 0.15) is 48.6 Å². The normalized spacial score (nSPS) is 21.2. The third-order valence-corrected chi connectivity index (χ3v) is 14.4. The Balaban J connectivity index is 1.17. The molecule has 3 aliphatic rings. The van der Waals surface area contributed by atoms with E-state index in [1.807, 2.05) is 114 Å². The molecule has 3 amide bonds. The minimum atomic E-state index is -2.09. The third kappa shape index (κ3) is 8.00. The molecule has 6 aromatic carbocycles. The number of nitrogens with one attached hydrogen (secondary N) is 1. The lowest BCUT2D eigenvalue weighted by Gasteiger charge is -2.46. The van der Waals surface area contributed by atoms with Crippen molar-refractivity contribution in [3.63, 3.8) is 0 Å². The van der Waals surface area contributed by atoms with Crippen molar-refractivity contribution < 1.29 is 43.2 Å². The van der Waals surface area contributed by atoms with E-state index in [0.717, 1.165) is 20.7 Å². The summed E-state index contributed by atoms with van der Waals surface area (Å²) in [6, 6.07) is 42.4. The van der Waals surface area contributed by atoms with E-state index in [1.165, 1.54) is 18.4 Å². The van der Waals surface area contributed by atoms with Crippen molar-refractivity contribution in [2.45, 2.75) is 36.2 Å². The number of rotatable bonds is 12. The van der Waals surface area contributed by atoms with Crippen molar-refractivity contribution in [3.05, 3.63) is 179 Å². The van der Waals surface area contributed by atoms with Gasteiger partial charge in [-0.25, -0.2) is 19.4 Å². The number of morpholine rings is 1. The number of aromatic nitrogens is 4. The first-order valence-electron chi connectivity index (χ1n) is 23.3. The number of aliphatic hydroxyl groups is 1. The molecule has 1 spiro atoms. The maximum Gasteiger partial charge on any atom is 0.421 e. The van der Waals surface area contributed by atoms with E-state index >= 15 is 14.4 Å². The second-order valence-electron chi connectivity index (χ2n) is 17.4. The van der Waals surface area contributed by atoms with Gasteiger partial charge in [0.15, 0.2) is 5.13 Å². The summed E-state index contributed by atoms with van der Waals surface area (Å²) < 4.78 is 25.9. The number of fused-ring (bicyclic) bond motifs is 5. The van der Waals surface area contributed by atoms with Crippen LogP contribution in [0.3, 0.4) is 0 Å². The van der Waals surface area contributed by atoms with Gasteiger partial charge in [-0.05, 0) is 76.9 Å². The lowest BCUT2D eigenvalue weighted by Crippen LogP contribution is -2.54. The Labute approximate surface area is 416 Å². The summed E-state index contributed by atoms with van der Waals surface area (Å²) in [7, 11) is 1.46. The molecule has 72 heavy (non-hydrogen) atoms. The number of methoxy groups -OCH3 is 1. The molecular formula is C55H45N7O9S. The lowest BCUT2D eigenvalue weighted by molar-refractivity contribution is -0.177. The summed E-state index contributed by atoms with van der Waals surface area (Å²) >= 11 is 1.24. The van der Waals surface area contributed by atoms with Crippen LogP contribution >= 0.6 is 11.3 Å². The molecule has 5 heterocycles. The molecule has 2 aromatic heterocycles. The smallest absolute Gasteiger partial charge is 0.421 e. The van der Waals surface area contributed by atoms with Gasteiger partial charge in [-0.3, -0.25) is 19.3 Å². The van der Waals surface area contributed by atoms with E-state index in [1.54, 1.807) is 47.1 Å². The second kappa shape index (κ2) is 19.5. The standard InChI is InChI=1S/C55H45N7O9S/c1-68-31-32-70-54(67)61-42-27-22-34(13-12-28-60-43-20-10-8-18-40(43)58-59-60)33-39(42)55(52(61)66)45(50(64)57-53-56-41-19-9-11-21-44(41)72-53)47-51(65)71-48(36-16-6-3-7-17-36)46(35-14-4-2-5-15-35)62(47)49(55)37-23-25-38(26-24-37)69-30-29-63/h2-11,14-27,33,45-49,63H,28-32H2,1H3,(H,56,57,64)/t45-,46-,47-,48+,49+,55-/m1/s1. The third-order valence-electron chi connectivity index (χ3n) is 13.4. The van der Waals surface area contributed by atoms with Crippen LogP contribution < -0.4 is 15.0 Å². The highest BCUT2D eigenvalue weighted by atomic mass is 32.1. The average Bonchev–Trinajstić information content (AvgIpc) is 4.17. The van der Waals surface area contributed by atoms with Crippen molar-refractivity contribution >= 4 is 67.3 Å². The molecule has 2 fully saturated rings. The fourth-order valence-electron chi connectivity index (χ4n) is 10.5. The molecule has 0 bridgehead atoms. The number of esters is 1. The quantitative estimate of drug-likeness (QED) is 0.0695. The van der Waals surface area contributed by atoms with Crippen LogP contribution in [0.5, 0.6) is 5.75 Å². The Morgan fingerprint density at radius 2 is 1.53 bits per heavy atom. The first-order chi connectivity index (χ1) is 35.3. The number of amides is 3. The number of anilines is 2. The molecule has 16 nitrogen and oxygen atoms in total. The van der Waals surface area contributed by atoms with Crippen LogP contribution in [0, 0.1) is 17.8 Å². The predicted molar refractivity (Wildman–Crippen MR) is 267 cm³/mol. The molecule has 360 valence electrons. The minimum Gasteiger partial charge on any atom is -0.491 e. The molecule has 0 saturated carbocycles. The number of imide groups is 1. The largest absolute Gasteiger partial charge is 0.491 e. The van der Waals surface area contributed by atoms with Crippen LogP contribution in [0.15, 0.2) is 152 Å². The summed E-state index contributed by atoms with van der Waals surface area (Å²) in [5, 5.41) is 21.5. The monoisotopic (exact) mass is 979 g/mol. The summed E-state index contributed by atoms with van der Waals surface area (Å²) in [5.41, 5.74) is 2.84. The number of ether oxygens (including phenoxy) is 4. The van der Waals surface area contributed by atoms with Crippen molar-refractivity contribution in [3.8, 4) is 17.6 Å². The molecule has 17 heteroatoms. The van der Waals surface area contributed by atoms with Crippen LogP contribution in [0.4, 0.5) is 15.6 Å². The van der Waals surface area contributed by atoms with E-state index in [2.05, 4.69) is 27.5 Å².